The Morgan fingerprint density at radius 3 is 3.20 bits per heavy atom. The van der Waals surface area contributed by atoms with E-state index >= 15 is 0 Å². The first-order valence-corrected chi connectivity index (χ1v) is 5.38. The summed E-state index contributed by atoms with van der Waals surface area (Å²) in [6.45, 7) is 3.03. The minimum atomic E-state index is 0.131. The zero-order valence-electron chi connectivity index (χ0n) is 9.19. The van der Waals surface area contributed by atoms with Crippen LogP contribution in [0.25, 0.3) is 0 Å². The molecule has 0 aliphatic carbocycles. The number of ether oxygens (including phenoxy) is 1. The van der Waals surface area contributed by atoms with Crippen molar-refractivity contribution in [3.05, 3.63) is 11.7 Å². The predicted octanol–water partition coefficient (Wildman–Crippen LogP) is 1.07. The number of aromatic nitrogens is 2. The summed E-state index contributed by atoms with van der Waals surface area (Å²) in [5.41, 5.74) is 0. The quantitative estimate of drug-likeness (QED) is 0.807. The van der Waals surface area contributed by atoms with Crippen molar-refractivity contribution in [3.63, 3.8) is 0 Å². The molecule has 1 N–H and O–H groups in total. The molecule has 0 spiro atoms. The largest absolute Gasteiger partial charge is 0.381 e. The van der Waals surface area contributed by atoms with E-state index < -0.39 is 0 Å². The van der Waals surface area contributed by atoms with E-state index in [2.05, 4.69) is 15.5 Å². The molecule has 15 heavy (non-hydrogen) atoms. The number of methoxy groups -OCH3 is 1. The van der Waals surface area contributed by atoms with Gasteiger partial charge in [-0.05, 0) is 26.3 Å². The molecular weight excluding hydrogens is 194 g/mol. The van der Waals surface area contributed by atoms with Gasteiger partial charge in [-0.1, -0.05) is 5.16 Å². The van der Waals surface area contributed by atoms with Crippen LogP contribution in [0.15, 0.2) is 4.52 Å². The van der Waals surface area contributed by atoms with Gasteiger partial charge in [-0.25, -0.2) is 0 Å². The molecule has 1 aliphatic rings. The van der Waals surface area contributed by atoms with Gasteiger partial charge in [-0.2, -0.15) is 4.98 Å². The van der Waals surface area contributed by atoms with Crippen LogP contribution < -0.4 is 5.32 Å². The minimum absolute atomic E-state index is 0.131. The Labute approximate surface area is 89.2 Å². The summed E-state index contributed by atoms with van der Waals surface area (Å²) < 4.78 is 10.4. The average molecular weight is 211 g/mol. The summed E-state index contributed by atoms with van der Waals surface area (Å²) >= 11 is 0. The van der Waals surface area contributed by atoms with E-state index in [9.17, 15) is 0 Å². The zero-order chi connectivity index (χ0) is 10.7. The Morgan fingerprint density at radius 2 is 2.53 bits per heavy atom. The lowest BCUT2D eigenvalue weighted by atomic mass is 10.2. The molecule has 5 nitrogen and oxygen atoms in total. The van der Waals surface area contributed by atoms with Crippen molar-refractivity contribution in [1.82, 2.24) is 15.5 Å². The van der Waals surface area contributed by atoms with E-state index in [1.807, 2.05) is 6.92 Å². The number of hydrogen-bond donors (Lipinski definition) is 1. The highest BCUT2D eigenvalue weighted by atomic mass is 16.5. The first-order valence-electron chi connectivity index (χ1n) is 5.38. The van der Waals surface area contributed by atoms with Gasteiger partial charge < -0.3 is 14.6 Å². The molecule has 2 rings (SSSR count). The molecule has 0 aromatic carbocycles. The van der Waals surface area contributed by atoms with Crippen molar-refractivity contribution in [2.45, 2.75) is 38.3 Å². The van der Waals surface area contributed by atoms with Gasteiger partial charge in [0.05, 0.1) is 12.1 Å². The smallest absolute Gasteiger partial charge is 0.243 e. The van der Waals surface area contributed by atoms with Gasteiger partial charge in [0.1, 0.15) is 0 Å². The Morgan fingerprint density at radius 1 is 1.67 bits per heavy atom. The van der Waals surface area contributed by atoms with Gasteiger partial charge in [0.25, 0.3) is 0 Å². The Kier molecular flexibility index (Phi) is 3.33. The Balaban J connectivity index is 1.97. The van der Waals surface area contributed by atoms with E-state index in [-0.39, 0.29) is 12.1 Å². The fourth-order valence-corrected chi connectivity index (χ4v) is 1.73. The third kappa shape index (κ3) is 2.54. The lowest BCUT2D eigenvalue weighted by molar-refractivity contribution is 0.116. The van der Waals surface area contributed by atoms with Crippen LogP contribution >= 0.6 is 0 Å². The topological polar surface area (TPSA) is 60.2 Å². The maximum absolute atomic E-state index is 5.21. The van der Waals surface area contributed by atoms with Gasteiger partial charge >= 0.3 is 0 Å². The Hall–Kier alpha value is -0.940. The van der Waals surface area contributed by atoms with Crippen LogP contribution in [-0.2, 0) is 11.2 Å². The van der Waals surface area contributed by atoms with E-state index in [0.717, 1.165) is 18.8 Å². The number of rotatable bonds is 4. The zero-order valence-corrected chi connectivity index (χ0v) is 9.19. The second-order valence-electron chi connectivity index (χ2n) is 3.95. The van der Waals surface area contributed by atoms with Gasteiger partial charge in [0.15, 0.2) is 5.82 Å². The number of nitrogens with zero attached hydrogens (tertiary/aromatic N) is 2. The van der Waals surface area contributed by atoms with E-state index in [1.54, 1.807) is 7.11 Å². The third-order valence-electron chi connectivity index (χ3n) is 2.71. The van der Waals surface area contributed by atoms with Crippen molar-refractivity contribution in [2.24, 2.45) is 0 Å². The van der Waals surface area contributed by atoms with Crippen molar-refractivity contribution in [1.29, 1.82) is 0 Å². The molecular formula is C10H17N3O2. The molecule has 0 saturated carbocycles. The van der Waals surface area contributed by atoms with Crippen LogP contribution in [0, 0.1) is 0 Å². The lowest BCUT2D eigenvalue weighted by Gasteiger charge is -2.04. The van der Waals surface area contributed by atoms with E-state index in [1.165, 1.54) is 6.42 Å². The molecule has 2 atom stereocenters. The highest BCUT2D eigenvalue weighted by Gasteiger charge is 2.22. The molecule has 5 heteroatoms. The maximum Gasteiger partial charge on any atom is 0.243 e. The van der Waals surface area contributed by atoms with Crippen LogP contribution in [0.5, 0.6) is 0 Å². The van der Waals surface area contributed by atoms with Crippen molar-refractivity contribution < 1.29 is 9.26 Å². The van der Waals surface area contributed by atoms with Crippen LogP contribution in [0.3, 0.4) is 0 Å². The van der Waals surface area contributed by atoms with Crippen LogP contribution in [-0.4, -0.2) is 29.9 Å². The molecule has 0 radical (unpaired) electrons. The first-order chi connectivity index (χ1) is 7.29. The van der Waals surface area contributed by atoms with Crippen molar-refractivity contribution in [3.8, 4) is 0 Å². The van der Waals surface area contributed by atoms with Crippen molar-refractivity contribution >= 4 is 0 Å². The average Bonchev–Trinajstić information content (AvgIpc) is 2.85. The second-order valence-corrected chi connectivity index (χ2v) is 3.95. The molecule has 1 fully saturated rings. The fourth-order valence-electron chi connectivity index (χ4n) is 1.73. The summed E-state index contributed by atoms with van der Waals surface area (Å²) in [6.07, 6.45) is 3.09. The third-order valence-corrected chi connectivity index (χ3v) is 2.71. The second kappa shape index (κ2) is 4.72. The molecule has 1 aromatic heterocycles. The summed E-state index contributed by atoms with van der Waals surface area (Å²) in [5.74, 6) is 1.44. The molecule has 0 bridgehead atoms. The van der Waals surface area contributed by atoms with Gasteiger partial charge in [0.2, 0.25) is 5.89 Å². The number of hydrogen-bond acceptors (Lipinski definition) is 5. The highest BCUT2D eigenvalue weighted by Crippen LogP contribution is 2.21. The van der Waals surface area contributed by atoms with E-state index in [4.69, 9.17) is 9.26 Å². The molecule has 1 aromatic rings. The summed E-state index contributed by atoms with van der Waals surface area (Å²) in [4.78, 5) is 4.36. The van der Waals surface area contributed by atoms with Crippen LogP contribution in [0.2, 0.25) is 0 Å². The Bertz CT molecular complexity index is 307. The SMILES string of the molecule is COC(C)Cc1noc([C@@H]2CCCN2)n1. The molecule has 1 unspecified atom stereocenters. The lowest BCUT2D eigenvalue weighted by Crippen LogP contribution is -2.13. The van der Waals surface area contributed by atoms with Gasteiger partial charge in [-0.3, -0.25) is 0 Å². The normalized spacial score (nSPS) is 23.2. The van der Waals surface area contributed by atoms with E-state index in [0.29, 0.717) is 12.3 Å². The molecule has 0 amide bonds. The van der Waals surface area contributed by atoms with Crippen LogP contribution in [0.1, 0.15) is 37.5 Å². The van der Waals surface area contributed by atoms with Gasteiger partial charge in [0, 0.05) is 13.5 Å². The number of nitrogens with one attached hydrogen (secondary N) is 1. The molecule has 1 aliphatic heterocycles. The summed E-state index contributed by atoms with van der Waals surface area (Å²) in [7, 11) is 1.68. The summed E-state index contributed by atoms with van der Waals surface area (Å²) in [5, 5.41) is 7.27. The fraction of sp³-hybridized carbons (Fsp3) is 0.800. The monoisotopic (exact) mass is 211 g/mol. The summed E-state index contributed by atoms with van der Waals surface area (Å²) in [6, 6.07) is 0.254. The highest BCUT2D eigenvalue weighted by molar-refractivity contribution is 4.96. The van der Waals surface area contributed by atoms with Crippen LogP contribution in [0.4, 0.5) is 0 Å². The molecule has 1 saturated heterocycles. The molecule has 2 heterocycles. The van der Waals surface area contributed by atoms with Crippen molar-refractivity contribution in [2.75, 3.05) is 13.7 Å². The molecule has 84 valence electrons. The predicted molar refractivity (Wildman–Crippen MR) is 54.5 cm³/mol. The van der Waals surface area contributed by atoms with Gasteiger partial charge in [-0.15, -0.1) is 0 Å². The minimum Gasteiger partial charge on any atom is -0.381 e. The first kappa shape index (κ1) is 10.6. The standard InChI is InChI=1S/C10H17N3O2/c1-7(14-2)6-9-12-10(15-13-9)8-4-3-5-11-8/h7-8,11H,3-6H2,1-2H3/t7?,8-/m0/s1. The maximum atomic E-state index is 5.21.